The van der Waals surface area contributed by atoms with Crippen LogP contribution in [0, 0.1) is 5.92 Å². The number of hydrogen-bond acceptors (Lipinski definition) is 4. The minimum absolute atomic E-state index is 0.0904. The van der Waals surface area contributed by atoms with Gasteiger partial charge in [0.2, 0.25) is 0 Å². The minimum Gasteiger partial charge on any atom is -0.468 e. The molecule has 0 aliphatic carbocycles. The fourth-order valence-electron chi connectivity index (χ4n) is 3.24. The molecule has 0 saturated carbocycles. The summed E-state index contributed by atoms with van der Waals surface area (Å²) >= 11 is 0. The van der Waals surface area contributed by atoms with Gasteiger partial charge in [0.1, 0.15) is 6.04 Å². The number of carbonyl (C=O) groups is 1. The van der Waals surface area contributed by atoms with Gasteiger partial charge in [-0.25, -0.2) is 4.79 Å². The van der Waals surface area contributed by atoms with Gasteiger partial charge < -0.3 is 9.84 Å². The summed E-state index contributed by atoms with van der Waals surface area (Å²) in [6.45, 7) is 2.57. The summed E-state index contributed by atoms with van der Waals surface area (Å²) in [4.78, 5) is 13.9. The molecule has 1 heterocycles. The summed E-state index contributed by atoms with van der Waals surface area (Å²) in [5.41, 5.74) is -0.912. The summed E-state index contributed by atoms with van der Waals surface area (Å²) in [5, 5.41) is 9.67. The first kappa shape index (κ1) is 18.7. The van der Waals surface area contributed by atoms with E-state index >= 15 is 0 Å². The Kier molecular flexibility index (Phi) is 5.87. The van der Waals surface area contributed by atoms with Crippen LogP contribution in [0.25, 0.3) is 0 Å². The molecule has 2 rings (SSSR count). The van der Waals surface area contributed by atoms with E-state index in [2.05, 4.69) is 0 Å². The molecule has 7 heteroatoms. The first-order chi connectivity index (χ1) is 11.3. The lowest BCUT2D eigenvalue weighted by Gasteiger charge is -2.37. The lowest BCUT2D eigenvalue weighted by Crippen LogP contribution is -2.43. The van der Waals surface area contributed by atoms with E-state index in [0.717, 1.165) is 6.07 Å². The van der Waals surface area contributed by atoms with Crippen LogP contribution in [0.15, 0.2) is 24.3 Å². The molecule has 0 unspecified atom stereocenters. The average Bonchev–Trinajstić information content (AvgIpc) is 2.55. The zero-order chi connectivity index (χ0) is 17.9. The number of aliphatic hydroxyl groups is 1. The SMILES string of the molecule is COC(=O)[C@@H](c1ccccc1C(F)(F)F)N1CCC([C@H](C)O)CC1. The van der Waals surface area contributed by atoms with Crippen LogP contribution in [0.2, 0.25) is 0 Å². The van der Waals surface area contributed by atoms with Gasteiger partial charge in [0.15, 0.2) is 0 Å². The summed E-state index contributed by atoms with van der Waals surface area (Å²) in [6, 6.07) is 4.00. The van der Waals surface area contributed by atoms with Crippen LogP contribution in [-0.2, 0) is 15.7 Å². The highest BCUT2D eigenvalue weighted by Crippen LogP contribution is 2.38. The largest absolute Gasteiger partial charge is 0.468 e. The van der Waals surface area contributed by atoms with Gasteiger partial charge in [0.25, 0.3) is 0 Å². The Morgan fingerprint density at radius 2 is 1.88 bits per heavy atom. The van der Waals surface area contributed by atoms with E-state index in [0.29, 0.717) is 25.9 Å². The van der Waals surface area contributed by atoms with Crippen molar-refractivity contribution in [2.45, 2.75) is 38.1 Å². The third kappa shape index (κ3) is 4.08. The molecule has 1 aliphatic rings. The number of methoxy groups -OCH3 is 1. The number of hydrogen-bond donors (Lipinski definition) is 1. The smallest absolute Gasteiger partial charge is 0.416 e. The van der Waals surface area contributed by atoms with E-state index in [1.165, 1.54) is 25.3 Å². The third-order valence-electron chi connectivity index (χ3n) is 4.61. The number of benzene rings is 1. The molecule has 4 nitrogen and oxygen atoms in total. The molecule has 1 aromatic carbocycles. The molecule has 1 saturated heterocycles. The fraction of sp³-hybridized carbons (Fsp3) is 0.588. The van der Waals surface area contributed by atoms with Crippen molar-refractivity contribution in [3.05, 3.63) is 35.4 Å². The molecule has 0 radical (unpaired) electrons. The first-order valence-electron chi connectivity index (χ1n) is 7.91. The summed E-state index contributed by atoms with van der Waals surface area (Å²) in [7, 11) is 1.17. The van der Waals surface area contributed by atoms with E-state index in [-0.39, 0.29) is 11.5 Å². The second-order valence-electron chi connectivity index (χ2n) is 6.12. The maximum absolute atomic E-state index is 13.3. The quantitative estimate of drug-likeness (QED) is 0.853. The molecular formula is C17H22F3NO3. The van der Waals surface area contributed by atoms with Crippen LogP contribution in [0.5, 0.6) is 0 Å². The van der Waals surface area contributed by atoms with Crippen molar-refractivity contribution in [1.29, 1.82) is 0 Å². The Hall–Kier alpha value is -1.60. The summed E-state index contributed by atoms with van der Waals surface area (Å²) in [6.07, 6.45) is -3.76. The highest BCUT2D eigenvalue weighted by Gasteiger charge is 2.40. The molecular weight excluding hydrogens is 323 g/mol. The van der Waals surface area contributed by atoms with E-state index < -0.39 is 29.9 Å². The first-order valence-corrected chi connectivity index (χ1v) is 7.91. The number of carbonyl (C=O) groups excluding carboxylic acids is 1. The number of rotatable bonds is 4. The monoisotopic (exact) mass is 345 g/mol. The van der Waals surface area contributed by atoms with Crippen LogP contribution in [0.1, 0.15) is 36.9 Å². The van der Waals surface area contributed by atoms with Gasteiger partial charge in [-0.05, 0) is 50.4 Å². The standard InChI is InChI=1S/C17H22F3NO3/c1-11(22)12-7-9-21(10-8-12)15(16(23)24-2)13-5-3-4-6-14(13)17(18,19)20/h3-6,11-12,15,22H,7-10H2,1-2H3/t11-,15+/m0/s1. The third-order valence-corrected chi connectivity index (χ3v) is 4.61. The number of ether oxygens (including phenoxy) is 1. The fourth-order valence-corrected chi connectivity index (χ4v) is 3.24. The van der Waals surface area contributed by atoms with Crippen LogP contribution < -0.4 is 0 Å². The Morgan fingerprint density at radius 1 is 1.29 bits per heavy atom. The number of piperidine rings is 1. The molecule has 0 amide bonds. The number of esters is 1. The maximum atomic E-state index is 13.3. The Labute approximate surface area is 139 Å². The van der Waals surface area contributed by atoms with Crippen LogP contribution >= 0.6 is 0 Å². The molecule has 0 spiro atoms. The van der Waals surface area contributed by atoms with Gasteiger partial charge in [-0.15, -0.1) is 0 Å². The van der Waals surface area contributed by atoms with Crippen molar-refractivity contribution in [1.82, 2.24) is 4.90 Å². The van der Waals surface area contributed by atoms with Crippen molar-refractivity contribution in [2.24, 2.45) is 5.92 Å². The van der Waals surface area contributed by atoms with Crippen LogP contribution in [0.4, 0.5) is 13.2 Å². The van der Waals surface area contributed by atoms with Gasteiger partial charge in [0, 0.05) is 0 Å². The Balaban J connectivity index is 2.33. The van der Waals surface area contributed by atoms with Crippen molar-refractivity contribution in [3.8, 4) is 0 Å². The lowest BCUT2D eigenvalue weighted by atomic mass is 9.89. The predicted molar refractivity (Wildman–Crippen MR) is 82.2 cm³/mol. The van der Waals surface area contributed by atoms with E-state index in [1.807, 2.05) is 0 Å². The lowest BCUT2D eigenvalue weighted by molar-refractivity contribution is -0.149. The summed E-state index contributed by atoms with van der Waals surface area (Å²) in [5.74, 6) is -0.611. The molecule has 0 aromatic heterocycles. The van der Waals surface area contributed by atoms with Crippen molar-refractivity contribution in [3.63, 3.8) is 0 Å². The molecule has 1 N–H and O–H groups in total. The zero-order valence-corrected chi connectivity index (χ0v) is 13.7. The highest BCUT2D eigenvalue weighted by molar-refractivity contribution is 5.78. The molecule has 1 fully saturated rings. The summed E-state index contributed by atoms with van der Waals surface area (Å²) < 4.78 is 44.7. The minimum atomic E-state index is -4.54. The number of nitrogens with zero attached hydrogens (tertiary/aromatic N) is 1. The van der Waals surface area contributed by atoms with Crippen LogP contribution in [0.3, 0.4) is 0 Å². The normalized spacial score (nSPS) is 19.8. The van der Waals surface area contributed by atoms with Gasteiger partial charge in [-0.3, -0.25) is 4.90 Å². The zero-order valence-electron chi connectivity index (χ0n) is 13.7. The second kappa shape index (κ2) is 7.53. The number of likely N-dealkylation sites (tertiary alicyclic amines) is 1. The maximum Gasteiger partial charge on any atom is 0.416 e. The van der Waals surface area contributed by atoms with Gasteiger partial charge in [-0.1, -0.05) is 18.2 Å². The van der Waals surface area contributed by atoms with Crippen molar-refractivity contribution in [2.75, 3.05) is 20.2 Å². The molecule has 1 aromatic rings. The number of alkyl halides is 3. The van der Waals surface area contributed by atoms with Crippen molar-refractivity contribution >= 4 is 5.97 Å². The van der Waals surface area contributed by atoms with Crippen LogP contribution in [-0.4, -0.2) is 42.3 Å². The van der Waals surface area contributed by atoms with E-state index in [9.17, 15) is 23.1 Å². The topological polar surface area (TPSA) is 49.8 Å². The Morgan fingerprint density at radius 3 is 2.38 bits per heavy atom. The molecule has 24 heavy (non-hydrogen) atoms. The average molecular weight is 345 g/mol. The van der Waals surface area contributed by atoms with Gasteiger partial charge >= 0.3 is 12.1 Å². The van der Waals surface area contributed by atoms with E-state index in [1.54, 1.807) is 11.8 Å². The molecule has 134 valence electrons. The van der Waals surface area contributed by atoms with Gasteiger partial charge in [0.05, 0.1) is 18.8 Å². The van der Waals surface area contributed by atoms with E-state index in [4.69, 9.17) is 4.74 Å². The highest BCUT2D eigenvalue weighted by atomic mass is 19.4. The molecule has 1 aliphatic heterocycles. The van der Waals surface area contributed by atoms with Crippen molar-refractivity contribution < 1.29 is 27.8 Å². The molecule has 2 atom stereocenters. The van der Waals surface area contributed by atoms with Gasteiger partial charge in [-0.2, -0.15) is 13.2 Å². The molecule has 0 bridgehead atoms. The second-order valence-corrected chi connectivity index (χ2v) is 6.12. The Bertz CT molecular complexity index is 566. The number of aliphatic hydroxyl groups excluding tert-OH is 1. The predicted octanol–water partition coefficient (Wildman–Crippen LogP) is 3.01. The number of halogens is 3.